The van der Waals surface area contributed by atoms with Crippen molar-refractivity contribution in [2.24, 2.45) is 0 Å². The number of ether oxygens (including phenoxy) is 1. The molecule has 3 aromatic carbocycles. The molecule has 0 aliphatic rings. The van der Waals surface area contributed by atoms with Crippen molar-refractivity contribution < 1.29 is 14.3 Å². The third-order valence-corrected chi connectivity index (χ3v) is 5.16. The van der Waals surface area contributed by atoms with Gasteiger partial charge in [0.05, 0.1) is 18.2 Å². The second-order valence-electron chi connectivity index (χ2n) is 7.68. The Balaban J connectivity index is 1.56. The van der Waals surface area contributed by atoms with Crippen molar-refractivity contribution in [3.05, 3.63) is 83.9 Å². The normalized spacial score (nSPS) is 10.2. The van der Waals surface area contributed by atoms with Gasteiger partial charge in [-0.05, 0) is 60.4 Å². The minimum Gasteiger partial charge on any atom is -0.484 e. The van der Waals surface area contributed by atoms with Crippen molar-refractivity contribution in [1.29, 1.82) is 5.26 Å². The Morgan fingerprint density at radius 1 is 0.970 bits per heavy atom. The van der Waals surface area contributed by atoms with Crippen molar-refractivity contribution in [2.75, 3.05) is 25.0 Å². The Bertz CT molecular complexity index is 1130. The van der Waals surface area contributed by atoms with Crippen LogP contribution in [0, 0.1) is 18.3 Å². The van der Waals surface area contributed by atoms with Gasteiger partial charge in [0.25, 0.3) is 5.91 Å². The van der Waals surface area contributed by atoms with E-state index in [4.69, 9.17) is 10.00 Å². The van der Waals surface area contributed by atoms with Crippen LogP contribution in [-0.2, 0) is 9.59 Å². The first kappa shape index (κ1) is 23.6. The molecule has 0 heterocycles. The van der Waals surface area contributed by atoms with Crippen molar-refractivity contribution in [3.63, 3.8) is 0 Å². The van der Waals surface area contributed by atoms with Crippen LogP contribution >= 0.6 is 0 Å². The highest BCUT2D eigenvalue weighted by molar-refractivity contribution is 5.95. The van der Waals surface area contributed by atoms with E-state index in [1.807, 2.05) is 62.4 Å². The van der Waals surface area contributed by atoms with Crippen LogP contribution in [0.5, 0.6) is 5.75 Å². The monoisotopic (exact) mass is 441 g/mol. The SMILES string of the molecule is CCCN(CC(=O)Nc1ccccc1C)C(=O)COc1ccc(-c2ccc(C#N)cc2)cc1. The lowest BCUT2D eigenvalue weighted by atomic mass is 10.0. The van der Waals surface area contributed by atoms with E-state index in [0.717, 1.165) is 28.8 Å². The molecule has 6 heteroatoms. The van der Waals surface area contributed by atoms with Crippen LogP contribution in [0.25, 0.3) is 11.1 Å². The molecule has 6 nitrogen and oxygen atoms in total. The van der Waals surface area contributed by atoms with Crippen LogP contribution in [0.2, 0.25) is 0 Å². The number of carbonyl (C=O) groups excluding carboxylic acids is 2. The van der Waals surface area contributed by atoms with Crippen molar-refractivity contribution in [3.8, 4) is 22.9 Å². The molecule has 2 amide bonds. The van der Waals surface area contributed by atoms with Crippen LogP contribution < -0.4 is 10.1 Å². The first-order valence-corrected chi connectivity index (χ1v) is 10.9. The highest BCUT2D eigenvalue weighted by Crippen LogP contribution is 2.23. The second-order valence-corrected chi connectivity index (χ2v) is 7.68. The minimum absolute atomic E-state index is 0.0258. The van der Waals surface area contributed by atoms with Gasteiger partial charge in [0.15, 0.2) is 6.61 Å². The van der Waals surface area contributed by atoms with Crippen LogP contribution in [0.15, 0.2) is 72.8 Å². The van der Waals surface area contributed by atoms with E-state index in [-0.39, 0.29) is 25.0 Å². The Labute approximate surface area is 194 Å². The molecule has 0 atom stereocenters. The smallest absolute Gasteiger partial charge is 0.260 e. The molecule has 0 aliphatic carbocycles. The van der Waals surface area contributed by atoms with Gasteiger partial charge in [0.1, 0.15) is 5.75 Å². The van der Waals surface area contributed by atoms with Gasteiger partial charge in [-0.25, -0.2) is 0 Å². The van der Waals surface area contributed by atoms with E-state index < -0.39 is 0 Å². The first-order valence-electron chi connectivity index (χ1n) is 10.9. The second kappa shape index (κ2) is 11.5. The number of nitriles is 1. The quantitative estimate of drug-likeness (QED) is 0.518. The van der Waals surface area contributed by atoms with Crippen LogP contribution in [0.4, 0.5) is 5.69 Å². The van der Waals surface area contributed by atoms with Gasteiger partial charge in [-0.3, -0.25) is 9.59 Å². The summed E-state index contributed by atoms with van der Waals surface area (Å²) in [5, 5.41) is 11.8. The van der Waals surface area contributed by atoms with Gasteiger partial charge in [-0.1, -0.05) is 49.4 Å². The fourth-order valence-electron chi connectivity index (χ4n) is 3.36. The summed E-state index contributed by atoms with van der Waals surface area (Å²) >= 11 is 0. The van der Waals surface area contributed by atoms with Crippen LogP contribution in [-0.4, -0.2) is 36.4 Å². The molecule has 0 spiro atoms. The molecular weight excluding hydrogens is 414 g/mol. The number of benzene rings is 3. The topological polar surface area (TPSA) is 82.4 Å². The van der Waals surface area contributed by atoms with E-state index in [0.29, 0.717) is 17.9 Å². The zero-order valence-corrected chi connectivity index (χ0v) is 18.9. The number of hydrogen-bond donors (Lipinski definition) is 1. The lowest BCUT2D eigenvalue weighted by Crippen LogP contribution is -2.41. The van der Waals surface area contributed by atoms with Gasteiger partial charge >= 0.3 is 0 Å². The molecule has 0 saturated carbocycles. The summed E-state index contributed by atoms with van der Waals surface area (Å²) in [6.45, 7) is 4.18. The average molecular weight is 442 g/mol. The summed E-state index contributed by atoms with van der Waals surface area (Å²) < 4.78 is 5.68. The minimum atomic E-state index is -0.243. The molecule has 0 unspecified atom stereocenters. The first-order chi connectivity index (χ1) is 16.0. The number of anilines is 1. The third kappa shape index (κ3) is 6.68. The largest absolute Gasteiger partial charge is 0.484 e. The highest BCUT2D eigenvalue weighted by Gasteiger charge is 2.17. The number of para-hydroxylation sites is 1. The summed E-state index contributed by atoms with van der Waals surface area (Å²) in [4.78, 5) is 26.7. The molecule has 0 radical (unpaired) electrons. The number of amides is 2. The van der Waals surface area contributed by atoms with E-state index in [1.165, 1.54) is 4.90 Å². The summed E-state index contributed by atoms with van der Waals surface area (Å²) in [6, 6.07) is 24.4. The highest BCUT2D eigenvalue weighted by atomic mass is 16.5. The fraction of sp³-hybridized carbons (Fsp3) is 0.222. The molecule has 0 fully saturated rings. The summed E-state index contributed by atoms with van der Waals surface area (Å²) in [5.41, 5.74) is 4.29. The number of aryl methyl sites for hydroxylation is 1. The molecule has 0 aromatic heterocycles. The maximum absolute atomic E-state index is 12.7. The molecule has 0 bridgehead atoms. The van der Waals surface area contributed by atoms with Crippen molar-refractivity contribution in [2.45, 2.75) is 20.3 Å². The van der Waals surface area contributed by atoms with E-state index in [9.17, 15) is 9.59 Å². The number of nitrogens with one attached hydrogen (secondary N) is 1. The predicted octanol–water partition coefficient (Wildman–Crippen LogP) is 4.79. The maximum atomic E-state index is 12.7. The van der Waals surface area contributed by atoms with Gasteiger partial charge in [0.2, 0.25) is 5.91 Å². The standard InChI is InChI=1S/C27H27N3O3/c1-3-16-30(18-26(31)29-25-7-5-4-6-20(25)2)27(32)19-33-24-14-12-23(13-15-24)22-10-8-21(17-28)9-11-22/h4-15H,3,16,18-19H2,1-2H3,(H,29,31). The van der Waals surface area contributed by atoms with Gasteiger partial charge in [-0.15, -0.1) is 0 Å². The Hall–Kier alpha value is -4.11. The molecule has 33 heavy (non-hydrogen) atoms. The molecule has 1 N–H and O–H groups in total. The third-order valence-electron chi connectivity index (χ3n) is 5.16. The van der Waals surface area contributed by atoms with Gasteiger partial charge in [-0.2, -0.15) is 5.26 Å². The number of carbonyl (C=O) groups is 2. The number of rotatable bonds is 9. The Kier molecular flexibility index (Phi) is 8.20. The number of nitrogens with zero attached hydrogens (tertiary/aromatic N) is 2. The zero-order chi connectivity index (χ0) is 23.6. The number of hydrogen-bond acceptors (Lipinski definition) is 4. The van der Waals surface area contributed by atoms with E-state index in [2.05, 4.69) is 11.4 Å². The lowest BCUT2D eigenvalue weighted by Gasteiger charge is -2.22. The van der Waals surface area contributed by atoms with Crippen LogP contribution in [0.3, 0.4) is 0 Å². The molecular formula is C27H27N3O3. The summed E-state index contributed by atoms with van der Waals surface area (Å²) in [5.74, 6) is 0.0902. The molecule has 3 aromatic rings. The Morgan fingerprint density at radius 3 is 2.21 bits per heavy atom. The van der Waals surface area contributed by atoms with Gasteiger partial charge < -0.3 is 15.0 Å². The summed E-state index contributed by atoms with van der Waals surface area (Å²) in [7, 11) is 0. The zero-order valence-electron chi connectivity index (χ0n) is 18.9. The Morgan fingerprint density at radius 2 is 1.61 bits per heavy atom. The molecule has 0 aliphatic heterocycles. The summed E-state index contributed by atoms with van der Waals surface area (Å²) in [6.07, 6.45) is 0.739. The predicted molar refractivity (Wildman–Crippen MR) is 129 cm³/mol. The maximum Gasteiger partial charge on any atom is 0.260 e. The molecule has 3 rings (SSSR count). The molecule has 0 saturated heterocycles. The lowest BCUT2D eigenvalue weighted by molar-refractivity contribution is -0.136. The van der Waals surface area contributed by atoms with Gasteiger partial charge in [0, 0.05) is 12.2 Å². The van der Waals surface area contributed by atoms with E-state index in [1.54, 1.807) is 24.3 Å². The van der Waals surface area contributed by atoms with Crippen molar-refractivity contribution in [1.82, 2.24) is 4.90 Å². The van der Waals surface area contributed by atoms with E-state index >= 15 is 0 Å². The average Bonchev–Trinajstić information content (AvgIpc) is 2.84. The fourth-order valence-corrected chi connectivity index (χ4v) is 3.36. The molecule has 168 valence electrons. The van der Waals surface area contributed by atoms with Crippen LogP contribution in [0.1, 0.15) is 24.5 Å². The van der Waals surface area contributed by atoms with Crippen molar-refractivity contribution >= 4 is 17.5 Å².